The molecule has 0 amide bonds. The zero-order chi connectivity index (χ0) is 14.0. The first-order chi connectivity index (χ1) is 8.88. The molecule has 0 spiro atoms. The van der Waals surface area contributed by atoms with Crippen LogP contribution in [-0.2, 0) is 12.7 Å². The van der Waals surface area contributed by atoms with Crippen LogP contribution in [0, 0.1) is 13.8 Å². The SMILES string of the molecule is Cc1noc(C)c1CNc1cccc(C(F)(F)F)n1. The summed E-state index contributed by atoms with van der Waals surface area (Å²) in [5, 5.41) is 6.60. The Morgan fingerprint density at radius 3 is 2.58 bits per heavy atom. The van der Waals surface area contributed by atoms with Gasteiger partial charge in [0.2, 0.25) is 0 Å². The molecule has 0 aliphatic carbocycles. The number of anilines is 1. The fourth-order valence-electron chi connectivity index (χ4n) is 1.62. The number of aromatic nitrogens is 2. The standard InChI is InChI=1S/C12H12F3N3O/c1-7-9(8(2)19-18-7)6-16-11-5-3-4-10(17-11)12(13,14)15/h3-5H,6H2,1-2H3,(H,16,17). The van der Waals surface area contributed by atoms with Crippen molar-refractivity contribution in [3.63, 3.8) is 0 Å². The first kappa shape index (κ1) is 13.4. The van der Waals surface area contributed by atoms with Gasteiger partial charge in [0.05, 0.1) is 5.69 Å². The zero-order valence-electron chi connectivity index (χ0n) is 10.4. The van der Waals surface area contributed by atoms with E-state index in [4.69, 9.17) is 4.52 Å². The molecule has 2 rings (SSSR count). The molecule has 0 saturated carbocycles. The minimum absolute atomic E-state index is 0.162. The Balaban J connectivity index is 2.12. The van der Waals surface area contributed by atoms with Crippen molar-refractivity contribution in [1.29, 1.82) is 0 Å². The smallest absolute Gasteiger partial charge is 0.366 e. The largest absolute Gasteiger partial charge is 0.433 e. The van der Waals surface area contributed by atoms with Crippen molar-refractivity contribution >= 4 is 5.82 Å². The number of nitrogens with zero attached hydrogens (tertiary/aromatic N) is 2. The fraction of sp³-hybridized carbons (Fsp3) is 0.333. The van der Waals surface area contributed by atoms with Crippen LogP contribution >= 0.6 is 0 Å². The van der Waals surface area contributed by atoms with Crippen molar-refractivity contribution in [2.75, 3.05) is 5.32 Å². The number of alkyl halides is 3. The van der Waals surface area contributed by atoms with Crippen molar-refractivity contribution in [3.05, 3.63) is 40.9 Å². The van der Waals surface area contributed by atoms with E-state index in [1.54, 1.807) is 13.8 Å². The molecule has 0 atom stereocenters. The van der Waals surface area contributed by atoms with Gasteiger partial charge < -0.3 is 9.84 Å². The summed E-state index contributed by atoms with van der Waals surface area (Å²) in [5.74, 6) is 0.798. The number of hydrogen-bond acceptors (Lipinski definition) is 4. The molecular weight excluding hydrogens is 259 g/mol. The van der Waals surface area contributed by atoms with Crippen LogP contribution in [0.4, 0.5) is 19.0 Å². The highest BCUT2D eigenvalue weighted by atomic mass is 19.4. The van der Waals surface area contributed by atoms with E-state index in [1.165, 1.54) is 12.1 Å². The molecule has 0 saturated heterocycles. The summed E-state index contributed by atoms with van der Waals surface area (Å²) < 4.78 is 42.5. The number of aryl methyl sites for hydroxylation is 2. The monoisotopic (exact) mass is 271 g/mol. The van der Waals surface area contributed by atoms with Gasteiger partial charge in [-0.25, -0.2) is 4.98 Å². The third-order valence-corrected chi connectivity index (χ3v) is 2.67. The average molecular weight is 271 g/mol. The maximum Gasteiger partial charge on any atom is 0.433 e. The summed E-state index contributed by atoms with van der Waals surface area (Å²) >= 11 is 0. The maximum atomic E-state index is 12.5. The molecule has 0 aromatic carbocycles. The summed E-state index contributed by atoms with van der Waals surface area (Å²) in [4.78, 5) is 3.52. The lowest BCUT2D eigenvalue weighted by atomic mass is 10.2. The summed E-state index contributed by atoms with van der Waals surface area (Å²) in [5.41, 5.74) is 0.604. The zero-order valence-corrected chi connectivity index (χ0v) is 10.4. The Labute approximate surface area is 107 Å². The highest BCUT2D eigenvalue weighted by Gasteiger charge is 2.32. The Bertz CT molecular complexity index is 558. The quantitative estimate of drug-likeness (QED) is 0.930. The Kier molecular flexibility index (Phi) is 3.46. The van der Waals surface area contributed by atoms with Gasteiger partial charge in [0, 0.05) is 12.1 Å². The molecule has 7 heteroatoms. The van der Waals surface area contributed by atoms with Gasteiger partial charge in [-0.1, -0.05) is 11.2 Å². The Morgan fingerprint density at radius 1 is 1.26 bits per heavy atom. The molecule has 0 bridgehead atoms. The molecule has 1 N–H and O–H groups in total. The van der Waals surface area contributed by atoms with Gasteiger partial charge >= 0.3 is 6.18 Å². The van der Waals surface area contributed by atoms with E-state index < -0.39 is 11.9 Å². The van der Waals surface area contributed by atoms with Gasteiger partial charge in [-0.05, 0) is 26.0 Å². The van der Waals surface area contributed by atoms with Crippen LogP contribution in [0.3, 0.4) is 0 Å². The van der Waals surface area contributed by atoms with Crippen molar-refractivity contribution < 1.29 is 17.7 Å². The van der Waals surface area contributed by atoms with Gasteiger partial charge in [-0.2, -0.15) is 13.2 Å². The van der Waals surface area contributed by atoms with Gasteiger partial charge in [-0.15, -0.1) is 0 Å². The van der Waals surface area contributed by atoms with Crippen LogP contribution in [0.2, 0.25) is 0 Å². The van der Waals surface area contributed by atoms with E-state index in [-0.39, 0.29) is 5.82 Å². The topological polar surface area (TPSA) is 51.0 Å². The Hall–Kier alpha value is -2.05. The van der Waals surface area contributed by atoms with E-state index in [2.05, 4.69) is 15.5 Å². The van der Waals surface area contributed by atoms with Crippen LogP contribution < -0.4 is 5.32 Å². The third kappa shape index (κ3) is 3.04. The van der Waals surface area contributed by atoms with Crippen LogP contribution in [0.1, 0.15) is 22.7 Å². The minimum atomic E-state index is -4.44. The second-order valence-corrected chi connectivity index (χ2v) is 4.06. The first-order valence-corrected chi connectivity index (χ1v) is 5.58. The van der Waals surface area contributed by atoms with Crippen LogP contribution in [0.15, 0.2) is 22.7 Å². The molecule has 0 aliphatic rings. The van der Waals surface area contributed by atoms with Crippen molar-refractivity contribution in [3.8, 4) is 0 Å². The molecular formula is C12H12F3N3O. The number of rotatable bonds is 3. The normalized spacial score (nSPS) is 11.6. The number of pyridine rings is 1. The molecule has 4 nitrogen and oxygen atoms in total. The predicted octanol–water partition coefficient (Wildman–Crippen LogP) is 3.32. The molecule has 2 aromatic rings. The second-order valence-electron chi connectivity index (χ2n) is 4.06. The lowest BCUT2D eigenvalue weighted by molar-refractivity contribution is -0.141. The Morgan fingerprint density at radius 2 is 2.00 bits per heavy atom. The van der Waals surface area contributed by atoms with E-state index >= 15 is 0 Å². The van der Waals surface area contributed by atoms with Crippen molar-refractivity contribution in [1.82, 2.24) is 10.1 Å². The molecule has 0 fully saturated rings. The molecule has 2 aromatic heterocycles. The fourth-order valence-corrected chi connectivity index (χ4v) is 1.62. The first-order valence-electron chi connectivity index (χ1n) is 5.58. The minimum Gasteiger partial charge on any atom is -0.366 e. The van der Waals surface area contributed by atoms with Crippen LogP contribution in [-0.4, -0.2) is 10.1 Å². The van der Waals surface area contributed by atoms with E-state index in [1.807, 2.05) is 0 Å². The van der Waals surface area contributed by atoms with Gasteiger partial charge in [0.15, 0.2) is 0 Å². The van der Waals surface area contributed by atoms with E-state index in [0.29, 0.717) is 18.0 Å². The summed E-state index contributed by atoms with van der Waals surface area (Å²) in [6.07, 6.45) is -4.44. The molecule has 0 aliphatic heterocycles. The number of nitrogens with one attached hydrogen (secondary N) is 1. The highest BCUT2D eigenvalue weighted by molar-refractivity contribution is 5.38. The van der Waals surface area contributed by atoms with Crippen LogP contribution in [0.25, 0.3) is 0 Å². The highest BCUT2D eigenvalue weighted by Crippen LogP contribution is 2.28. The second kappa shape index (κ2) is 4.91. The van der Waals surface area contributed by atoms with Gasteiger partial charge in [0.25, 0.3) is 0 Å². The lowest BCUT2D eigenvalue weighted by Gasteiger charge is -2.09. The average Bonchev–Trinajstić information content (AvgIpc) is 2.66. The van der Waals surface area contributed by atoms with Crippen LogP contribution in [0.5, 0.6) is 0 Å². The predicted molar refractivity (Wildman–Crippen MR) is 62.5 cm³/mol. The van der Waals surface area contributed by atoms with E-state index in [0.717, 1.165) is 11.6 Å². The maximum absolute atomic E-state index is 12.5. The summed E-state index contributed by atoms with van der Waals surface area (Å²) in [6.45, 7) is 3.83. The summed E-state index contributed by atoms with van der Waals surface area (Å²) in [7, 11) is 0. The molecule has 102 valence electrons. The van der Waals surface area contributed by atoms with Crippen molar-refractivity contribution in [2.24, 2.45) is 0 Å². The van der Waals surface area contributed by atoms with Gasteiger partial charge in [0.1, 0.15) is 17.3 Å². The number of hydrogen-bond donors (Lipinski definition) is 1. The van der Waals surface area contributed by atoms with E-state index in [9.17, 15) is 13.2 Å². The molecule has 19 heavy (non-hydrogen) atoms. The molecule has 2 heterocycles. The summed E-state index contributed by atoms with van der Waals surface area (Å²) in [6, 6.07) is 3.72. The van der Waals surface area contributed by atoms with Gasteiger partial charge in [-0.3, -0.25) is 0 Å². The van der Waals surface area contributed by atoms with Crippen molar-refractivity contribution in [2.45, 2.75) is 26.6 Å². The number of halogens is 3. The lowest BCUT2D eigenvalue weighted by Crippen LogP contribution is -2.10. The third-order valence-electron chi connectivity index (χ3n) is 2.67. The molecule has 0 radical (unpaired) electrons. The molecule has 0 unspecified atom stereocenters.